The van der Waals surface area contributed by atoms with E-state index >= 15 is 0 Å². The van der Waals surface area contributed by atoms with Crippen molar-refractivity contribution >= 4 is 5.91 Å². The van der Waals surface area contributed by atoms with E-state index in [-0.39, 0.29) is 12.5 Å². The van der Waals surface area contributed by atoms with Crippen LogP contribution in [0.3, 0.4) is 0 Å². The molecule has 0 spiro atoms. The summed E-state index contributed by atoms with van der Waals surface area (Å²) in [7, 11) is 0. The fraction of sp³-hybridized carbons (Fsp3) is 0.143. The summed E-state index contributed by atoms with van der Waals surface area (Å²) in [5.74, 6) is 0.683. The number of rotatable bonds is 6. The van der Waals surface area contributed by atoms with Crippen LogP contribution in [0.15, 0.2) is 71.8 Å². The Morgan fingerprint density at radius 2 is 2.04 bits per heavy atom. The van der Waals surface area contributed by atoms with Crippen LogP contribution in [0.4, 0.5) is 0 Å². The predicted octanol–water partition coefficient (Wildman–Crippen LogP) is 3.22. The molecular formula is C21H19N5O2. The average Bonchev–Trinajstić information content (AvgIpc) is 3.39. The van der Waals surface area contributed by atoms with Crippen molar-refractivity contribution in [1.29, 1.82) is 0 Å². The standard InChI is InChI=1S/C21H19N5O2/c1-15-3-2-4-18(11-15)20-24-19(28-25-20)12-23-21(27)17-7-5-16(6-8-17)13-26-10-9-22-14-26/h2-11,14H,12-13H2,1H3,(H,23,27). The first-order valence-electron chi connectivity index (χ1n) is 8.90. The van der Waals surface area contributed by atoms with Crippen LogP contribution < -0.4 is 5.32 Å². The molecule has 0 atom stereocenters. The SMILES string of the molecule is Cc1cccc(-c2noc(CNC(=O)c3ccc(Cn4ccnc4)cc3)n2)c1. The Hall–Kier alpha value is -3.74. The molecule has 0 aliphatic carbocycles. The molecule has 2 aromatic carbocycles. The van der Waals surface area contributed by atoms with Gasteiger partial charge in [0.25, 0.3) is 5.91 Å². The minimum atomic E-state index is -0.190. The molecule has 7 heteroatoms. The van der Waals surface area contributed by atoms with Crippen molar-refractivity contribution in [2.75, 3.05) is 0 Å². The minimum Gasteiger partial charge on any atom is -0.343 e. The number of hydrogen-bond acceptors (Lipinski definition) is 5. The number of amides is 1. The Bertz CT molecular complexity index is 1070. The molecule has 2 aromatic heterocycles. The van der Waals surface area contributed by atoms with Crippen molar-refractivity contribution in [2.24, 2.45) is 0 Å². The van der Waals surface area contributed by atoms with Gasteiger partial charge in [-0.3, -0.25) is 4.79 Å². The largest absolute Gasteiger partial charge is 0.343 e. The van der Waals surface area contributed by atoms with Crippen molar-refractivity contribution in [3.63, 3.8) is 0 Å². The fourth-order valence-electron chi connectivity index (χ4n) is 2.84. The van der Waals surface area contributed by atoms with E-state index in [4.69, 9.17) is 4.52 Å². The molecule has 0 saturated heterocycles. The Labute approximate surface area is 162 Å². The van der Waals surface area contributed by atoms with Crippen molar-refractivity contribution < 1.29 is 9.32 Å². The van der Waals surface area contributed by atoms with Crippen LogP contribution in [0.2, 0.25) is 0 Å². The predicted molar refractivity (Wildman–Crippen MR) is 103 cm³/mol. The summed E-state index contributed by atoms with van der Waals surface area (Å²) in [6.07, 6.45) is 5.40. The lowest BCUT2D eigenvalue weighted by atomic mass is 10.1. The van der Waals surface area contributed by atoms with Gasteiger partial charge in [-0.1, -0.05) is 41.1 Å². The normalized spacial score (nSPS) is 10.8. The quantitative estimate of drug-likeness (QED) is 0.561. The van der Waals surface area contributed by atoms with Crippen LogP contribution in [-0.4, -0.2) is 25.6 Å². The molecule has 28 heavy (non-hydrogen) atoms. The second-order valence-electron chi connectivity index (χ2n) is 6.50. The van der Waals surface area contributed by atoms with Gasteiger partial charge in [-0.15, -0.1) is 0 Å². The van der Waals surface area contributed by atoms with E-state index < -0.39 is 0 Å². The maximum Gasteiger partial charge on any atom is 0.251 e. The van der Waals surface area contributed by atoms with E-state index in [1.54, 1.807) is 24.7 Å². The number of nitrogens with zero attached hydrogens (tertiary/aromatic N) is 4. The van der Waals surface area contributed by atoms with E-state index in [0.29, 0.717) is 23.8 Å². The van der Waals surface area contributed by atoms with Crippen LogP contribution in [0, 0.1) is 6.92 Å². The zero-order chi connectivity index (χ0) is 19.3. The van der Waals surface area contributed by atoms with Gasteiger partial charge >= 0.3 is 0 Å². The van der Waals surface area contributed by atoms with E-state index in [1.165, 1.54) is 0 Å². The topological polar surface area (TPSA) is 85.8 Å². The van der Waals surface area contributed by atoms with Crippen LogP contribution in [0.5, 0.6) is 0 Å². The highest BCUT2D eigenvalue weighted by atomic mass is 16.5. The van der Waals surface area contributed by atoms with E-state index in [9.17, 15) is 4.79 Å². The zero-order valence-electron chi connectivity index (χ0n) is 15.4. The Morgan fingerprint density at radius 3 is 2.79 bits per heavy atom. The molecule has 0 unspecified atom stereocenters. The number of imidazole rings is 1. The fourth-order valence-corrected chi connectivity index (χ4v) is 2.84. The molecule has 0 aliphatic rings. The second kappa shape index (κ2) is 7.87. The summed E-state index contributed by atoms with van der Waals surface area (Å²) in [5, 5.41) is 6.79. The van der Waals surface area contributed by atoms with Gasteiger partial charge in [0.1, 0.15) is 0 Å². The van der Waals surface area contributed by atoms with Gasteiger partial charge in [0, 0.05) is 30.1 Å². The molecule has 0 fully saturated rings. The molecule has 0 bridgehead atoms. The van der Waals surface area contributed by atoms with Crippen molar-refractivity contribution in [3.8, 4) is 11.4 Å². The van der Waals surface area contributed by atoms with Gasteiger partial charge in [-0.25, -0.2) is 4.98 Å². The van der Waals surface area contributed by atoms with Crippen LogP contribution in [-0.2, 0) is 13.1 Å². The highest BCUT2D eigenvalue weighted by Crippen LogP contribution is 2.17. The molecule has 4 aromatic rings. The maximum atomic E-state index is 12.4. The van der Waals surface area contributed by atoms with Crippen molar-refractivity contribution in [3.05, 3.63) is 89.8 Å². The third kappa shape index (κ3) is 4.15. The van der Waals surface area contributed by atoms with Crippen LogP contribution >= 0.6 is 0 Å². The van der Waals surface area contributed by atoms with Gasteiger partial charge in [0.05, 0.1) is 12.9 Å². The zero-order valence-corrected chi connectivity index (χ0v) is 15.4. The summed E-state index contributed by atoms with van der Waals surface area (Å²) in [6.45, 7) is 2.89. The smallest absolute Gasteiger partial charge is 0.251 e. The van der Waals surface area contributed by atoms with Gasteiger partial charge in [0.2, 0.25) is 11.7 Å². The molecular weight excluding hydrogens is 354 g/mol. The molecule has 7 nitrogen and oxygen atoms in total. The highest BCUT2D eigenvalue weighted by Gasteiger charge is 2.11. The number of carbonyl (C=O) groups is 1. The third-order valence-electron chi connectivity index (χ3n) is 4.28. The monoisotopic (exact) mass is 373 g/mol. The first-order valence-corrected chi connectivity index (χ1v) is 8.90. The number of aromatic nitrogens is 4. The maximum absolute atomic E-state index is 12.4. The Balaban J connectivity index is 1.35. The summed E-state index contributed by atoms with van der Waals surface area (Å²) in [4.78, 5) is 20.7. The summed E-state index contributed by atoms with van der Waals surface area (Å²) < 4.78 is 7.21. The number of hydrogen-bond donors (Lipinski definition) is 1. The van der Waals surface area contributed by atoms with Gasteiger partial charge in [-0.05, 0) is 30.7 Å². The average molecular weight is 373 g/mol. The molecule has 2 heterocycles. The third-order valence-corrected chi connectivity index (χ3v) is 4.28. The molecule has 0 radical (unpaired) electrons. The molecule has 0 saturated carbocycles. The number of aryl methyl sites for hydroxylation is 1. The molecule has 4 rings (SSSR count). The summed E-state index contributed by atoms with van der Waals surface area (Å²) >= 11 is 0. The minimum absolute atomic E-state index is 0.175. The van der Waals surface area contributed by atoms with E-state index in [1.807, 2.05) is 54.1 Å². The van der Waals surface area contributed by atoms with E-state index in [2.05, 4.69) is 20.4 Å². The molecule has 1 N–H and O–H groups in total. The van der Waals surface area contributed by atoms with Gasteiger partial charge in [-0.2, -0.15) is 4.98 Å². The van der Waals surface area contributed by atoms with Gasteiger partial charge in [0.15, 0.2) is 0 Å². The van der Waals surface area contributed by atoms with Crippen molar-refractivity contribution in [1.82, 2.24) is 25.0 Å². The Morgan fingerprint density at radius 1 is 1.18 bits per heavy atom. The van der Waals surface area contributed by atoms with E-state index in [0.717, 1.165) is 16.7 Å². The first-order chi connectivity index (χ1) is 13.7. The summed E-state index contributed by atoms with van der Waals surface area (Å²) in [6, 6.07) is 15.3. The lowest BCUT2D eigenvalue weighted by Gasteiger charge is -2.05. The number of carbonyl (C=O) groups excluding carboxylic acids is 1. The highest BCUT2D eigenvalue weighted by molar-refractivity contribution is 5.94. The number of benzene rings is 2. The second-order valence-corrected chi connectivity index (χ2v) is 6.50. The lowest BCUT2D eigenvalue weighted by molar-refractivity contribution is 0.0946. The lowest BCUT2D eigenvalue weighted by Crippen LogP contribution is -2.22. The van der Waals surface area contributed by atoms with Crippen LogP contribution in [0.25, 0.3) is 11.4 Å². The summed E-state index contributed by atoms with van der Waals surface area (Å²) in [5.41, 5.74) is 3.67. The molecule has 0 aliphatic heterocycles. The first kappa shape index (κ1) is 17.7. The van der Waals surface area contributed by atoms with Crippen LogP contribution in [0.1, 0.15) is 27.4 Å². The molecule has 140 valence electrons. The Kier molecular flexibility index (Phi) is 4.97. The number of nitrogens with one attached hydrogen (secondary N) is 1. The van der Waals surface area contributed by atoms with Crippen molar-refractivity contribution in [2.45, 2.75) is 20.0 Å². The molecule has 1 amide bonds. The van der Waals surface area contributed by atoms with Gasteiger partial charge < -0.3 is 14.4 Å².